The van der Waals surface area contributed by atoms with Gasteiger partial charge in [-0.05, 0) is 26.7 Å². The maximum Gasteiger partial charge on any atom is 0.129 e. The van der Waals surface area contributed by atoms with Crippen LogP contribution in [0.2, 0.25) is 0 Å². The van der Waals surface area contributed by atoms with Crippen molar-refractivity contribution in [2.75, 3.05) is 0 Å². The molecule has 3 nitrogen and oxygen atoms in total. The molecule has 1 fully saturated rings. The van der Waals surface area contributed by atoms with Gasteiger partial charge in [0.05, 0.1) is 6.07 Å². The molecule has 1 aliphatic carbocycles. The normalized spacial score (nSPS) is 25.7. The number of halogens is 2. The molecule has 1 aromatic rings. The first-order valence-corrected chi connectivity index (χ1v) is 6.74. The van der Waals surface area contributed by atoms with Crippen molar-refractivity contribution < 1.29 is 13.5 Å². The van der Waals surface area contributed by atoms with Crippen LogP contribution in [-0.4, -0.2) is 17.7 Å². The maximum absolute atomic E-state index is 13.1. The van der Waals surface area contributed by atoms with E-state index in [0.29, 0.717) is 19.3 Å². The van der Waals surface area contributed by atoms with E-state index in [2.05, 4.69) is 11.4 Å². The van der Waals surface area contributed by atoms with Gasteiger partial charge in [-0.25, -0.2) is 8.78 Å². The maximum atomic E-state index is 13.1. The van der Waals surface area contributed by atoms with Crippen LogP contribution in [0.4, 0.5) is 8.78 Å². The highest BCUT2D eigenvalue weighted by molar-refractivity contribution is 5.25. The Morgan fingerprint density at radius 1 is 1.35 bits per heavy atom. The summed E-state index contributed by atoms with van der Waals surface area (Å²) in [5.41, 5.74) is -0.606. The molecule has 0 heterocycles. The van der Waals surface area contributed by atoms with Crippen molar-refractivity contribution in [3.63, 3.8) is 0 Å². The number of benzene rings is 1. The first kappa shape index (κ1) is 14.7. The van der Waals surface area contributed by atoms with Crippen molar-refractivity contribution in [1.82, 2.24) is 5.32 Å². The third-order valence-corrected chi connectivity index (χ3v) is 3.39. The Kier molecular flexibility index (Phi) is 4.24. The second kappa shape index (κ2) is 5.76. The minimum atomic E-state index is -0.662. The summed E-state index contributed by atoms with van der Waals surface area (Å²) in [4.78, 5) is 0. The van der Waals surface area contributed by atoms with Crippen LogP contribution < -0.4 is 10.1 Å². The molecular weight excluding hydrogens is 262 g/mol. The number of nitrogens with zero attached hydrogens (tertiary/aromatic N) is 1. The molecule has 0 radical (unpaired) electrons. The van der Waals surface area contributed by atoms with Gasteiger partial charge in [-0.15, -0.1) is 0 Å². The Morgan fingerprint density at radius 3 is 2.55 bits per heavy atom. The molecule has 2 unspecified atom stereocenters. The van der Waals surface area contributed by atoms with Crippen molar-refractivity contribution in [3.8, 4) is 11.8 Å². The van der Waals surface area contributed by atoms with Gasteiger partial charge in [-0.3, -0.25) is 5.32 Å². The number of rotatable bonds is 4. The quantitative estimate of drug-likeness (QED) is 0.921. The summed E-state index contributed by atoms with van der Waals surface area (Å²) in [5.74, 6) is -1.15. The van der Waals surface area contributed by atoms with Gasteiger partial charge < -0.3 is 4.74 Å². The molecule has 20 heavy (non-hydrogen) atoms. The Hall–Kier alpha value is -1.67. The Bertz CT molecular complexity index is 507. The Balaban J connectivity index is 2.04. The lowest BCUT2D eigenvalue weighted by Crippen LogP contribution is -2.46. The molecule has 2 atom stereocenters. The van der Waals surface area contributed by atoms with Crippen LogP contribution in [0.1, 0.15) is 33.1 Å². The second-order valence-corrected chi connectivity index (χ2v) is 5.58. The van der Waals surface area contributed by atoms with Gasteiger partial charge in [0.25, 0.3) is 0 Å². The third-order valence-electron chi connectivity index (χ3n) is 3.39. The Labute approximate surface area is 117 Å². The standard InChI is InChI=1S/C15H18F2N2O/c1-10(2)19-15(9-18)4-3-13(8-15)20-14-6-11(16)5-12(17)7-14/h5-7,10,13,19H,3-4,8H2,1-2H3. The fourth-order valence-corrected chi connectivity index (χ4v) is 2.71. The van der Waals surface area contributed by atoms with Gasteiger partial charge in [0.2, 0.25) is 0 Å². The largest absolute Gasteiger partial charge is 0.490 e. The Morgan fingerprint density at radius 2 is 2.00 bits per heavy atom. The van der Waals surface area contributed by atoms with E-state index in [9.17, 15) is 14.0 Å². The van der Waals surface area contributed by atoms with Crippen molar-refractivity contribution >= 4 is 0 Å². The van der Waals surface area contributed by atoms with Crippen LogP contribution in [0.15, 0.2) is 18.2 Å². The minimum absolute atomic E-state index is 0.172. The van der Waals surface area contributed by atoms with Gasteiger partial charge in [0, 0.05) is 30.7 Å². The summed E-state index contributed by atoms with van der Waals surface area (Å²) in [5, 5.41) is 12.6. The van der Waals surface area contributed by atoms with Crippen molar-refractivity contribution in [2.45, 2.75) is 50.8 Å². The zero-order valence-corrected chi connectivity index (χ0v) is 11.6. The van der Waals surface area contributed by atoms with Crippen LogP contribution in [0.3, 0.4) is 0 Å². The highest BCUT2D eigenvalue weighted by Gasteiger charge is 2.40. The summed E-state index contributed by atoms with van der Waals surface area (Å²) in [6.45, 7) is 3.96. The molecule has 1 aliphatic rings. The molecule has 0 spiro atoms. The zero-order chi connectivity index (χ0) is 14.8. The highest BCUT2D eigenvalue weighted by atomic mass is 19.1. The van der Waals surface area contributed by atoms with Crippen LogP contribution in [-0.2, 0) is 0 Å². The zero-order valence-electron chi connectivity index (χ0n) is 11.6. The molecule has 0 amide bonds. The highest BCUT2D eigenvalue weighted by Crippen LogP contribution is 2.33. The molecule has 108 valence electrons. The topological polar surface area (TPSA) is 45.0 Å². The molecule has 0 saturated heterocycles. The summed E-state index contributed by atoms with van der Waals surface area (Å²) >= 11 is 0. The number of ether oxygens (including phenoxy) is 1. The average molecular weight is 280 g/mol. The molecular formula is C15H18F2N2O. The molecule has 2 rings (SSSR count). The molecule has 1 saturated carbocycles. The number of nitrogens with one attached hydrogen (secondary N) is 1. The first-order valence-electron chi connectivity index (χ1n) is 6.74. The second-order valence-electron chi connectivity index (χ2n) is 5.58. The van der Waals surface area contributed by atoms with Gasteiger partial charge in [-0.2, -0.15) is 5.26 Å². The third kappa shape index (κ3) is 3.45. The monoisotopic (exact) mass is 280 g/mol. The summed E-state index contributed by atoms with van der Waals surface area (Å²) in [6, 6.07) is 5.63. The van der Waals surface area contributed by atoms with Crippen LogP contribution in [0.5, 0.6) is 5.75 Å². The minimum Gasteiger partial charge on any atom is -0.490 e. The van der Waals surface area contributed by atoms with E-state index in [0.717, 1.165) is 18.2 Å². The van der Waals surface area contributed by atoms with Gasteiger partial charge in [-0.1, -0.05) is 0 Å². The number of hydrogen-bond donors (Lipinski definition) is 1. The van der Waals surface area contributed by atoms with E-state index in [1.165, 1.54) is 0 Å². The summed E-state index contributed by atoms with van der Waals surface area (Å²) in [7, 11) is 0. The predicted molar refractivity (Wildman–Crippen MR) is 71.2 cm³/mol. The first-order chi connectivity index (χ1) is 9.42. The fraction of sp³-hybridized carbons (Fsp3) is 0.533. The van der Waals surface area contributed by atoms with Crippen LogP contribution in [0, 0.1) is 23.0 Å². The summed E-state index contributed by atoms with van der Waals surface area (Å²) in [6.07, 6.45) is 1.66. The summed E-state index contributed by atoms with van der Waals surface area (Å²) < 4.78 is 31.8. The van der Waals surface area contributed by atoms with E-state index in [-0.39, 0.29) is 17.9 Å². The van der Waals surface area contributed by atoms with Crippen molar-refractivity contribution in [2.24, 2.45) is 0 Å². The molecule has 1 aromatic carbocycles. The van der Waals surface area contributed by atoms with E-state index < -0.39 is 17.2 Å². The lowest BCUT2D eigenvalue weighted by atomic mass is 9.98. The predicted octanol–water partition coefficient (Wildman–Crippen LogP) is 3.16. The van der Waals surface area contributed by atoms with Gasteiger partial charge >= 0.3 is 0 Å². The lowest BCUT2D eigenvalue weighted by Gasteiger charge is -2.25. The van der Waals surface area contributed by atoms with Gasteiger partial charge in [0.1, 0.15) is 29.0 Å². The molecule has 0 aromatic heterocycles. The van der Waals surface area contributed by atoms with E-state index >= 15 is 0 Å². The SMILES string of the molecule is CC(C)NC1(C#N)CCC(Oc2cc(F)cc(F)c2)C1. The van der Waals surface area contributed by atoms with Crippen molar-refractivity contribution in [3.05, 3.63) is 29.8 Å². The molecule has 0 aliphatic heterocycles. The van der Waals surface area contributed by atoms with E-state index in [1.54, 1.807) is 0 Å². The molecule has 1 N–H and O–H groups in total. The van der Waals surface area contributed by atoms with Crippen LogP contribution in [0.25, 0.3) is 0 Å². The van der Waals surface area contributed by atoms with E-state index in [4.69, 9.17) is 4.74 Å². The van der Waals surface area contributed by atoms with Crippen molar-refractivity contribution in [1.29, 1.82) is 5.26 Å². The van der Waals surface area contributed by atoms with E-state index in [1.807, 2.05) is 13.8 Å². The average Bonchev–Trinajstić information content (AvgIpc) is 2.70. The molecule has 0 bridgehead atoms. The number of hydrogen-bond acceptors (Lipinski definition) is 3. The van der Waals surface area contributed by atoms with Crippen LogP contribution >= 0.6 is 0 Å². The molecule has 5 heteroatoms. The smallest absolute Gasteiger partial charge is 0.129 e. The van der Waals surface area contributed by atoms with Gasteiger partial charge in [0.15, 0.2) is 0 Å². The lowest BCUT2D eigenvalue weighted by molar-refractivity contribution is 0.198. The fourth-order valence-electron chi connectivity index (χ4n) is 2.71. The number of nitriles is 1.